The molecule has 0 bridgehead atoms. The molecule has 0 radical (unpaired) electrons. The molecule has 1 saturated heterocycles. The van der Waals surface area contributed by atoms with E-state index in [4.69, 9.17) is 0 Å². The second kappa shape index (κ2) is 9.47. The lowest BCUT2D eigenvalue weighted by molar-refractivity contribution is 0.0406. The van der Waals surface area contributed by atoms with Crippen LogP contribution >= 0.6 is 0 Å². The molecule has 31 heavy (non-hydrogen) atoms. The van der Waals surface area contributed by atoms with Crippen LogP contribution in [-0.2, 0) is 19.5 Å². The van der Waals surface area contributed by atoms with Crippen LogP contribution in [-0.4, -0.2) is 39.3 Å². The largest absolute Gasteiger partial charge is 0.396 e. The molecule has 0 amide bonds. The normalized spacial score (nSPS) is 16.2. The second-order valence-electron chi connectivity index (χ2n) is 8.75. The van der Waals surface area contributed by atoms with E-state index in [-0.39, 0.29) is 12.0 Å². The van der Waals surface area contributed by atoms with Gasteiger partial charge in [0.05, 0.1) is 23.9 Å². The number of likely N-dealkylation sites (tertiary alicyclic amines) is 1. The minimum atomic E-state index is -0.0280. The molecule has 3 aromatic rings. The number of aryl methyl sites for hydroxylation is 1. The summed E-state index contributed by atoms with van der Waals surface area (Å²) in [6.07, 6.45) is 4.87. The number of hydrogen-bond acceptors (Lipinski definition) is 4. The molecule has 1 N–H and O–H groups in total. The van der Waals surface area contributed by atoms with Crippen molar-refractivity contribution >= 4 is 0 Å². The van der Waals surface area contributed by atoms with Crippen molar-refractivity contribution in [1.82, 2.24) is 14.5 Å². The van der Waals surface area contributed by atoms with Crippen LogP contribution < -0.4 is 0 Å². The Morgan fingerprint density at radius 1 is 1.03 bits per heavy atom. The molecule has 5 heteroatoms. The van der Waals surface area contributed by atoms with Gasteiger partial charge in [-0.3, -0.25) is 4.90 Å². The summed E-state index contributed by atoms with van der Waals surface area (Å²) in [5, 5.41) is 19.6. The van der Waals surface area contributed by atoms with Crippen molar-refractivity contribution in [2.45, 2.75) is 39.3 Å². The molecule has 0 atom stereocenters. The first-order valence-electron chi connectivity index (χ1n) is 11.0. The number of piperidine rings is 1. The number of rotatable bonds is 7. The fourth-order valence-electron chi connectivity index (χ4n) is 4.63. The lowest BCUT2D eigenvalue weighted by Gasteiger charge is -2.41. The van der Waals surface area contributed by atoms with E-state index in [0.29, 0.717) is 12.1 Å². The molecule has 0 aliphatic carbocycles. The monoisotopic (exact) mass is 414 g/mol. The summed E-state index contributed by atoms with van der Waals surface area (Å²) in [4.78, 5) is 7.01. The fraction of sp³-hybridized carbons (Fsp3) is 0.385. The summed E-state index contributed by atoms with van der Waals surface area (Å²) in [5.74, 6) is 0.966. The van der Waals surface area contributed by atoms with Crippen molar-refractivity contribution in [3.63, 3.8) is 0 Å². The minimum absolute atomic E-state index is 0.0280. The van der Waals surface area contributed by atoms with Crippen molar-refractivity contribution < 1.29 is 5.11 Å². The highest BCUT2D eigenvalue weighted by Crippen LogP contribution is 2.35. The SMILES string of the molecule is Cc1ncc(CN2CCC(CO)(Cc3ccccc3)CC2)n1Cc1ccccc1C#N. The summed E-state index contributed by atoms with van der Waals surface area (Å²) >= 11 is 0. The predicted molar refractivity (Wildman–Crippen MR) is 121 cm³/mol. The lowest BCUT2D eigenvalue weighted by atomic mass is 9.74. The van der Waals surface area contributed by atoms with E-state index >= 15 is 0 Å². The van der Waals surface area contributed by atoms with Crippen molar-refractivity contribution in [2.24, 2.45) is 5.41 Å². The average molecular weight is 415 g/mol. The van der Waals surface area contributed by atoms with Gasteiger partial charge in [0, 0.05) is 19.3 Å². The number of aliphatic hydroxyl groups is 1. The quantitative estimate of drug-likeness (QED) is 0.636. The van der Waals surface area contributed by atoms with Gasteiger partial charge in [0.2, 0.25) is 0 Å². The maximum atomic E-state index is 10.2. The van der Waals surface area contributed by atoms with E-state index in [2.05, 4.69) is 44.8 Å². The van der Waals surface area contributed by atoms with Gasteiger partial charge in [0.25, 0.3) is 0 Å². The summed E-state index contributed by atoms with van der Waals surface area (Å²) in [6.45, 7) is 5.68. The molecular formula is C26H30N4O. The van der Waals surface area contributed by atoms with E-state index in [9.17, 15) is 10.4 Å². The van der Waals surface area contributed by atoms with E-state index < -0.39 is 0 Å². The minimum Gasteiger partial charge on any atom is -0.396 e. The van der Waals surface area contributed by atoms with Crippen molar-refractivity contribution in [3.8, 4) is 6.07 Å². The Kier molecular flexibility index (Phi) is 6.50. The second-order valence-corrected chi connectivity index (χ2v) is 8.75. The molecule has 0 unspecified atom stereocenters. The van der Waals surface area contributed by atoms with Crippen LogP contribution in [0.4, 0.5) is 0 Å². The molecule has 0 spiro atoms. The Labute approximate surface area is 184 Å². The van der Waals surface area contributed by atoms with Gasteiger partial charge in [-0.15, -0.1) is 0 Å². The molecule has 1 aliphatic heterocycles. The molecule has 1 aliphatic rings. The van der Waals surface area contributed by atoms with Gasteiger partial charge in [-0.2, -0.15) is 5.26 Å². The first-order valence-corrected chi connectivity index (χ1v) is 11.0. The van der Waals surface area contributed by atoms with Crippen molar-refractivity contribution in [3.05, 3.63) is 89.0 Å². The van der Waals surface area contributed by atoms with Crippen LogP contribution in [0.25, 0.3) is 0 Å². The van der Waals surface area contributed by atoms with Crippen LogP contribution in [0.1, 0.15) is 41.1 Å². The summed E-state index contributed by atoms with van der Waals surface area (Å²) in [5.41, 5.74) is 4.18. The Balaban J connectivity index is 1.43. The molecule has 2 heterocycles. The van der Waals surface area contributed by atoms with Gasteiger partial charge in [-0.1, -0.05) is 48.5 Å². The lowest BCUT2D eigenvalue weighted by Crippen LogP contribution is -2.43. The molecule has 4 rings (SSSR count). The first kappa shape index (κ1) is 21.3. The maximum absolute atomic E-state index is 10.2. The van der Waals surface area contributed by atoms with E-state index in [1.54, 1.807) is 0 Å². The molecule has 5 nitrogen and oxygen atoms in total. The molecule has 160 valence electrons. The van der Waals surface area contributed by atoms with Gasteiger partial charge in [-0.25, -0.2) is 4.98 Å². The van der Waals surface area contributed by atoms with E-state index in [0.717, 1.165) is 50.3 Å². The summed E-state index contributed by atoms with van der Waals surface area (Å²) in [6, 6.07) is 20.6. The van der Waals surface area contributed by atoms with Crippen molar-refractivity contribution in [2.75, 3.05) is 19.7 Å². The number of nitrogens with zero attached hydrogens (tertiary/aromatic N) is 4. The zero-order valence-corrected chi connectivity index (χ0v) is 18.2. The Hall–Kier alpha value is -2.94. The first-order chi connectivity index (χ1) is 15.1. The van der Waals surface area contributed by atoms with Crippen LogP contribution in [0.2, 0.25) is 0 Å². The van der Waals surface area contributed by atoms with Crippen LogP contribution in [0, 0.1) is 23.7 Å². The third-order valence-electron chi connectivity index (χ3n) is 6.66. The maximum Gasteiger partial charge on any atom is 0.106 e. The van der Waals surface area contributed by atoms with Gasteiger partial charge in [-0.05, 0) is 61.9 Å². The third-order valence-corrected chi connectivity index (χ3v) is 6.66. The van der Waals surface area contributed by atoms with Gasteiger partial charge < -0.3 is 9.67 Å². The number of aliphatic hydroxyl groups excluding tert-OH is 1. The molecule has 1 aromatic heterocycles. The molecule has 2 aromatic carbocycles. The number of benzene rings is 2. The number of hydrogen-bond donors (Lipinski definition) is 1. The Morgan fingerprint density at radius 2 is 1.74 bits per heavy atom. The smallest absolute Gasteiger partial charge is 0.106 e. The van der Waals surface area contributed by atoms with Crippen LogP contribution in [0.3, 0.4) is 0 Å². The number of imidazole rings is 1. The highest BCUT2D eigenvalue weighted by molar-refractivity contribution is 5.37. The molecule has 0 saturated carbocycles. The van der Waals surface area contributed by atoms with Gasteiger partial charge in [0.1, 0.15) is 5.82 Å². The Morgan fingerprint density at radius 3 is 2.45 bits per heavy atom. The van der Waals surface area contributed by atoms with E-state index in [1.807, 2.05) is 43.5 Å². The zero-order valence-electron chi connectivity index (χ0n) is 18.2. The topological polar surface area (TPSA) is 65.1 Å². The molecule has 1 fully saturated rings. The predicted octanol–water partition coefficient (Wildman–Crippen LogP) is 3.93. The summed E-state index contributed by atoms with van der Waals surface area (Å²) < 4.78 is 2.22. The summed E-state index contributed by atoms with van der Waals surface area (Å²) in [7, 11) is 0. The van der Waals surface area contributed by atoms with Crippen LogP contribution in [0.5, 0.6) is 0 Å². The zero-order chi connectivity index (χ0) is 21.7. The Bertz CT molecular complexity index is 1040. The molecular weight excluding hydrogens is 384 g/mol. The number of aromatic nitrogens is 2. The standard InChI is InChI=1S/C26H30N4O/c1-21-28-17-25(30(21)18-24-10-6-5-9-23(24)16-27)19-29-13-11-26(20-31,12-14-29)15-22-7-3-2-4-8-22/h2-10,17,31H,11-15,18-20H2,1H3. The van der Waals surface area contributed by atoms with Crippen LogP contribution in [0.15, 0.2) is 60.8 Å². The van der Waals surface area contributed by atoms with E-state index in [1.165, 1.54) is 11.3 Å². The van der Waals surface area contributed by atoms with Crippen molar-refractivity contribution in [1.29, 1.82) is 5.26 Å². The number of nitriles is 1. The highest BCUT2D eigenvalue weighted by Gasteiger charge is 2.34. The average Bonchev–Trinajstić information content (AvgIpc) is 3.15. The van der Waals surface area contributed by atoms with Gasteiger partial charge in [0.15, 0.2) is 0 Å². The third kappa shape index (κ3) is 4.87. The fourth-order valence-corrected chi connectivity index (χ4v) is 4.63. The van der Waals surface area contributed by atoms with Gasteiger partial charge >= 0.3 is 0 Å². The highest BCUT2D eigenvalue weighted by atomic mass is 16.3.